The lowest BCUT2D eigenvalue weighted by molar-refractivity contribution is -0.136. The van der Waals surface area contributed by atoms with Crippen molar-refractivity contribution in [1.82, 2.24) is 29.8 Å². The van der Waals surface area contributed by atoms with Crippen molar-refractivity contribution in [3.8, 4) is 0 Å². The molecule has 1 unspecified atom stereocenters. The van der Waals surface area contributed by atoms with Crippen molar-refractivity contribution in [1.29, 1.82) is 0 Å². The van der Waals surface area contributed by atoms with E-state index in [4.69, 9.17) is 0 Å². The normalized spacial score (nSPS) is 26.7. The minimum absolute atomic E-state index is 0.0643. The topological polar surface area (TPSA) is 73.7 Å². The molecule has 1 aromatic rings. The predicted octanol–water partition coefficient (Wildman–Crippen LogP) is 1.21. The van der Waals surface area contributed by atoms with E-state index in [1.807, 2.05) is 25.1 Å². The Bertz CT molecular complexity index is 687. The third-order valence-corrected chi connectivity index (χ3v) is 6.12. The molecule has 0 aliphatic carbocycles. The molecule has 2 fully saturated rings. The molecule has 2 aliphatic heterocycles. The summed E-state index contributed by atoms with van der Waals surface area (Å²) in [6.07, 6.45) is 3.81. The van der Waals surface area contributed by atoms with Gasteiger partial charge in [-0.05, 0) is 32.8 Å². The van der Waals surface area contributed by atoms with Crippen LogP contribution in [-0.2, 0) is 11.8 Å². The number of rotatable bonds is 4. The SMILES string of the molecule is CC(C)N1CCC(N(C)C(=O)N[C@@H]2CCC(=O)N(C)[C@H]2c2ccnn2C)C1. The van der Waals surface area contributed by atoms with E-state index in [0.717, 1.165) is 25.2 Å². The highest BCUT2D eigenvalue weighted by molar-refractivity contribution is 5.79. The summed E-state index contributed by atoms with van der Waals surface area (Å²) >= 11 is 0. The van der Waals surface area contributed by atoms with Crippen LogP contribution in [0, 0.1) is 0 Å². The first kappa shape index (κ1) is 19.7. The second kappa shape index (κ2) is 7.88. The second-order valence-electron chi connectivity index (χ2n) is 8.07. The van der Waals surface area contributed by atoms with Crippen molar-refractivity contribution in [3.63, 3.8) is 0 Å². The number of nitrogens with zero attached hydrogens (tertiary/aromatic N) is 5. The summed E-state index contributed by atoms with van der Waals surface area (Å²) in [6, 6.07) is 2.25. The van der Waals surface area contributed by atoms with Gasteiger partial charge in [-0.1, -0.05) is 0 Å². The number of carbonyl (C=O) groups excluding carboxylic acids is 2. The van der Waals surface area contributed by atoms with Crippen LogP contribution < -0.4 is 5.32 Å². The van der Waals surface area contributed by atoms with Gasteiger partial charge in [0.15, 0.2) is 0 Å². The van der Waals surface area contributed by atoms with E-state index in [2.05, 4.69) is 29.2 Å². The van der Waals surface area contributed by atoms with E-state index in [0.29, 0.717) is 18.9 Å². The monoisotopic (exact) mass is 376 g/mol. The first-order chi connectivity index (χ1) is 12.8. The molecule has 150 valence electrons. The molecule has 3 heterocycles. The number of amides is 3. The van der Waals surface area contributed by atoms with Gasteiger partial charge in [-0.2, -0.15) is 5.10 Å². The average Bonchev–Trinajstić information content (AvgIpc) is 3.27. The second-order valence-corrected chi connectivity index (χ2v) is 8.07. The van der Waals surface area contributed by atoms with Gasteiger partial charge < -0.3 is 15.1 Å². The summed E-state index contributed by atoms with van der Waals surface area (Å²) in [7, 11) is 5.55. The highest BCUT2D eigenvalue weighted by Gasteiger charge is 2.38. The van der Waals surface area contributed by atoms with Gasteiger partial charge in [0, 0.05) is 58.9 Å². The van der Waals surface area contributed by atoms with Crippen LogP contribution in [0.3, 0.4) is 0 Å². The number of hydrogen-bond acceptors (Lipinski definition) is 4. The fraction of sp³-hybridized carbons (Fsp3) is 0.737. The first-order valence-electron chi connectivity index (χ1n) is 9.80. The molecule has 3 rings (SSSR count). The van der Waals surface area contributed by atoms with Crippen molar-refractivity contribution in [2.45, 2.75) is 57.3 Å². The Hall–Kier alpha value is -2.09. The zero-order valence-corrected chi connectivity index (χ0v) is 17.1. The zero-order chi connectivity index (χ0) is 19.7. The quantitative estimate of drug-likeness (QED) is 0.857. The third-order valence-electron chi connectivity index (χ3n) is 6.12. The Morgan fingerprint density at radius 3 is 2.67 bits per heavy atom. The number of hydrogen-bond donors (Lipinski definition) is 1. The summed E-state index contributed by atoms with van der Waals surface area (Å²) in [6.45, 7) is 6.32. The fourth-order valence-electron chi connectivity index (χ4n) is 4.25. The minimum Gasteiger partial charge on any atom is -0.335 e. The molecule has 0 spiro atoms. The molecule has 3 amide bonds. The van der Waals surface area contributed by atoms with Crippen molar-refractivity contribution < 1.29 is 9.59 Å². The molecule has 0 radical (unpaired) electrons. The zero-order valence-electron chi connectivity index (χ0n) is 17.1. The number of urea groups is 1. The number of nitrogens with one attached hydrogen (secondary N) is 1. The van der Waals surface area contributed by atoms with Crippen molar-refractivity contribution in [3.05, 3.63) is 18.0 Å². The van der Waals surface area contributed by atoms with Gasteiger partial charge in [0.05, 0.1) is 17.8 Å². The van der Waals surface area contributed by atoms with Crippen LogP contribution in [0.15, 0.2) is 12.3 Å². The van der Waals surface area contributed by atoms with Gasteiger partial charge in [0.2, 0.25) is 5.91 Å². The maximum atomic E-state index is 12.9. The molecule has 1 N–H and O–H groups in total. The Morgan fingerprint density at radius 1 is 1.33 bits per heavy atom. The third kappa shape index (κ3) is 3.95. The highest BCUT2D eigenvalue weighted by atomic mass is 16.2. The first-order valence-corrected chi connectivity index (χ1v) is 9.80. The molecule has 0 saturated carbocycles. The summed E-state index contributed by atoms with van der Waals surface area (Å²) in [4.78, 5) is 31.2. The summed E-state index contributed by atoms with van der Waals surface area (Å²) < 4.78 is 1.78. The van der Waals surface area contributed by atoms with Gasteiger partial charge in [0.1, 0.15) is 0 Å². The standard InChI is InChI=1S/C19H32N6O2/c1-13(2)25-11-9-14(12-25)22(3)19(27)21-15-6-7-17(26)23(4)18(15)16-8-10-20-24(16)5/h8,10,13-15,18H,6-7,9,11-12H2,1-5H3,(H,21,27)/t14?,15-,18-/m1/s1. The van der Waals surface area contributed by atoms with Gasteiger partial charge in [0.25, 0.3) is 0 Å². The molecule has 27 heavy (non-hydrogen) atoms. The number of piperidine rings is 1. The molecule has 0 aromatic carbocycles. The largest absolute Gasteiger partial charge is 0.335 e. The Kier molecular flexibility index (Phi) is 5.74. The molecule has 1 aromatic heterocycles. The van der Waals surface area contributed by atoms with E-state index in [1.54, 1.807) is 22.8 Å². The van der Waals surface area contributed by atoms with Crippen LogP contribution >= 0.6 is 0 Å². The maximum absolute atomic E-state index is 12.9. The summed E-state index contributed by atoms with van der Waals surface area (Å²) in [5, 5.41) is 7.43. The number of aromatic nitrogens is 2. The van der Waals surface area contributed by atoms with Gasteiger partial charge >= 0.3 is 6.03 Å². The predicted molar refractivity (Wildman–Crippen MR) is 103 cm³/mol. The lowest BCUT2D eigenvalue weighted by atomic mass is 9.93. The summed E-state index contributed by atoms with van der Waals surface area (Å²) in [5.74, 6) is 0.100. The Morgan fingerprint density at radius 2 is 2.07 bits per heavy atom. The van der Waals surface area contributed by atoms with Crippen LogP contribution in [0.4, 0.5) is 4.79 Å². The van der Waals surface area contributed by atoms with E-state index >= 15 is 0 Å². The number of carbonyl (C=O) groups is 2. The lowest BCUT2D eigenvalue weighted by Gasteiger charge is -2.40. The molecule has 0 bridgehead atoms. The van der Waals surface area contributed by atoms with Crippen LogP contribution in [0.2, 0.25) is 0 Å². The molecule has 8 nitrogen and oxygen atoms in total. The number of aryl methyl sites for hydroxylation is 1. The van der Waals surface area contributed by atoms with Crippen LogP contribution in [0.5, 0.6) is 0 Å². The Labute approximate surface area is 161 Å². The molecule has 2 saturated heterocycles. The number of likely N-dealkylation sites (tertiary alicyclic amines) is 2. The maximum Gasteiger partial charge on any atom is 0.317 e. The highest BCUT2D eigenvalue weighted by Crippen LogP contribution is 2.30. The van der Waals surface area contributed by atoms with Crippen LogP contribution in [0.1, 0.15) is 44.8 Å². The molecule has 3 atom stereocenters. The molecular formula is C19H32N6O2. The molecule has 2 aliphatic rings. The van der Waals surface area contributed by atoms with Gasteiger partial charge in [-0.15, -0.1) is 0 Å². The fourth-order valence-corrected chi connectivity index (χ4v) is 4.25. The van der Waals surface area contributed by atoms with Crippen molar-refractivity contribution in [2.75, 3.05) is 27.2 Å². The van der Waals surface area contributed by atoms with E-state index in [9.17, 15) is 9.59 Å². The smallest absolute Gasteiger partial charge is 0.317 e. The average molecular weight is 377 g/mol. The van der Waals surface area contributed by atoms with Crippen molar-refractivity contribution >= 4 is 11.9 Å². The van der Waals surface area contributed by atoms with Gasteiger partial charge in [-0.25, -0.2) is 4.79 Å². The van der Waals surface area contributed by atoms with Crippen LogP contribution in [-0.4, -0.2) is 81.7 Å². The Balaban J connectivity index is 1.70. The minimum atomic E-state index is -0.202. The van der Waals surface area contributed by atoms with Gasteiger partial charge in [-0.3, -0.25) is 14.4 Å². The van der Waals surface area contributed by atoms with E-state index in [1.165, 1.54) is 0 Å². The van der Waals surface area contributed by atoms with E-state index < -0.39 is 0 Å². The molecule has 8 heteroatoms. The van der Waals surface area contributed by atoms with Crippen LogP contribution in [0.25, 0.3) is 0 Å². The lowest BCUT2D eigenvalue weighted by Crippen LogP contribution is -2.55. The summed E-state index contributed by atoms with van der Waals surface area (Å²) in [5.41, 5.74) is 0.936. The van der Waals surface area contributed by atoms with Crippen molar-refractivity contribution in [2.24, 2.45) is 7.05 Å². The number of likely N-dealkylation sites (N-methyl/N-ethyl adjacent to an activating group) is 2. The molecular weight excluding hydrogens is 344 g/mol. The van der Waals surface area contributed by atoms with E-state index in [-0.39, 0.29) is 30.1 Å².